The maximum atomic E-state index is 11.7. The van der Waals surface area contributed by atoms with Gasteiger partial charge in [0.1, 0.15) is 5.75 Å². The van der Waals surface area contributed by atoms with E-state index in [1.807, 2.05) is 6.07 Å². The van der Waals surface area contributed by atoms with Crippen LogP contribution in [0.1, 0.15) is 11.7 Å². The Morgan fingerprint density at radius 1 is 1.09 bits per heavy atom. The Bertz CT molecular complexity index is 645. The molecule has 2 aromatic rings. The van der Waals surface area contributed by atoms with Crippen LogP contribution in [0.2, 0.25) is 0 Å². The van der Waals surface area contributed by atoms with E-state index in [0.29, 0.717) is 22.8 Å². The molecule has 122 valence electrons. The largest absolute Gasteiger partial charge is 0.493 e. The smallest absolute Gasteiger partial charge is 0.412 e. The number of rotatable bonds is 6. The third-order valence-corrected chi connectivity index (χ3v) is 3.19. The average Bonchev–Trinajstić information content (AvgIpc) is 2.59. The number of nitrogens with one attached hydrogen (secondary N) is 1. The molecular weight excluding hydrogens is 298 g/mol. The van der Waals surface area contributed by atoms with Gasteiger partial charge >= 0.3 is 6.09 Å². The summed E-state index contributed by atoms with van der Waals surface area (Å²) in [7, 11) is 3.05. The molecular formula is C17H19NO5. The predicted octanol–water partition coefficient (Wildman–Crippen LogP) is 2.53. The van der Waals surface area contributed by atoms with E-state index in [0.717, 1.165) is 0 Å². The number of para-hydroxylation sites is 1. The molecule has 0 radical (unpaired) electrons. The van der Waals surface area contributed by atoms with Crippen LogP contribution in [-0.4, -0.2) is 32.0 Å². The van der Waals surface area contributed by atoms with Gasteiger partial charge in [-0.3, -0.25) is 0 Å². The van der Waals surface area contributed by atoms with Crippen LogP contribution in [0.25, 0.3) is 0 Å². The van der Waals surface area contributed by atoms with E-state index in [9.17, 15) is 9.90 Å². The Morgan fingerprint density at radius 3 is 2.43 bits per heavy atom. The monoisotopic (exact) mass is 317 g/mol. The van der Waals surface area contributed by atoms with Crippen molar-refractivity contribution in [3.05, 3.63) is 54.1 Å². The highest BCUT2D eigenvalue weighted by Crippen LogP contribution is 2.29. The molecule has 0 saturated carbocycles. The summed E-state index contributed by atoms with van der Waals surface area (Å²) in [5, 5.41) is 12.7. The molecule has 0 fully saturated rings. The lowest BCUT2D eigenvalue weighted by atomic mass is 10.1. The summed E-state index contributed by atoms with van der Waals surface area (Å²) in [6.45, 7) is 0.0150. The van der Waals surface area contributed by atoms with E-state index in [1.165, 1.54) is 14.2 Å². The zero-order valence-electron chi connectivity index (χ0n) is 13.0. The summed E-state index contributed by atoms with van der Waals surface area (Å²) in [6.07, 6.45) is -1.52. The van der Waals surface area contributed by atoms with Crippen molar-refractivity contribution in [1.29, 1.82) is 0 Å². The third-order valence-electron chi connectivity index (χ3n) is 3.19. The number of aliphatic hydroxyl groups excluding tert-OH is 1. The van der Waals surface area contributed by atoms with Crippen LogP contribution in [0, 0.1) is 0 Å². The zero-order valence-corrected chi connectivity index (χ0v) is 13.0. The molecule has 1 unspecified atom stereocenters. The number of carbonyl (C=O) groups is 1. The number of benzene rings is 2. The molecule has 23 heavy (non-hydrogen) atoms. The summed E-state index contributed by atoms with van der Waals surface area (Å²) in [5.41, 5.74) is 0.600. The molecule has 0 aliphatic carbocycles. The zero-order chi connectivity index (χ0) is 16.7. The van der Waals surface area contributed by atoms with Gasteiger partial charge in [0.05, 0.1) is 26.9 Å². The van der Waals surface area contributed by atoms with Gasteiger partial charge < -0.3 is 24.6 Å². The fraction of sp³-hybridized carbons (Fsp3) is 0.235. The van der Waals surface area contributed by atoms with E-state index in [4.69, 9.17) is 14.2 Å². The van der Waals surface area contributed by atoms with Crippen molar-refractivity contribution in [2.75, 3.05) is 20.8 Å². The first kappa shape index (κ1) is 16.6. The molecule has 0 bridgehead atoms. The van der Waals surface area contributed by atoms with E-state index < -0.39 is 12.2 Å². The first-order valence-electron chi connectivity index (χ1n) is 7.04. The number of hydrogen-bond donors (Lipinski definition) is 2. The molecule has 6 heteroatoms. The maximum absolute atomic E-state index is 11.7. The first-order chi connectivity index (χ1) is 11.1. The SMILES string of the molecule is COc1ccc(C(O)CNC(=O)Oc2ccccc2)cc1OC. The second kappa shape index (κ2) is 8.05. The van der Waals surface area contributed by atoms with E-state index >= 15 is 0 Å². The van der Waals surface area contributed by atoms with Gasteiger partial charge in [0.2, 0.25) is 0 Å². The Balaban J connectivity index is 1.91. The lowest BCUT2D eigenvalue weighted by Gasteiger charge is -2.15. The van der Waals surface area contributed by atoms with Gasteiger partial charge in [0.25, 0.3) is 0 Å². The lowest BCUT2D eigenvalue weighted by Crippen LogP contribution is -2.30. The van der Waals surface area contributed by atoms with Crippen LogP contribution >= 0.6 is 0 Å². The highest BCUT2D eigenvalue weighted by Gasteiger charge is 2.13. The van der Waals surface area contributed by atoms with Gasteiger partial charge in [-0.2, -0.15) is 0 Å². The van der Waals surface area contributed by atoms with Crippen LogP contribution in [-0.2, 0) is 0 Å². The number of aliphatic hydroxyl groups is 1. The molecule has 1 atom stereocenters. The lowest BCUT2D eigenvalue weighted by molar-refractivity contribution is 0.161. The summed E-state index contributed by atoms with van der Waals surface area (Å²) in [6, 6.07) is 13.8. The summed E-state index contributed by atoms with van der Waals surface area (Å²) < 4.78 is 15.4. The van der Waals surface area contributed by atoms with E-state index in [2.05, 4.69) is 5.32 Å². The molecule has 0 aliphatic rings. The van der Waals surface area contributed by atoms with Crippen molar-refractivity contribution in [1.82, 2.24) is 5.32 Å². The Labute approximate surface area is 134 Å². The highest BCUT2D eigenvalue weighted by molar-refractivity contribution is 5.70. The van der Waals surface area contributed by atoms with Crippen LogP contribution in [0.3, 0.4) is 0 Å². The Morgan fingerprint density at radius 2 is 1.78 bits per heavy atom. The van der Waals surface area contributed by atoms with Gasteiger partial charge in [-0.05, 0) is 29.8 Å². The standard InChI is InChI=1S/C17H19NO5/c1-21-15-9-8-12(10-16(15)22-2)14(19)11-18-17(20)23-13-6-4-3-5-7-13/h3-10,14,19H,11H2,1-2H3,(H,18,20). The van der Waals surface area contributed by atoms with Crippen molar-refractivity contribution in [2.45, 2.75) is 6.10 Å². The summed E-state index contributed by atoms with van der Waals surface area (Å²) in [4.78, 5) is 11.7. The van der Waals surface area contributed by atoms with Gasteiger partial charge in [0, 0.05) is 0 Å². The molecule has 0 saturated heterocycles. The number of methoxy groups -OCH3 is 2. The molecule has 0 heterocycles. The molecule has 0 spiro atoms. The maximum Gasteiger partial charge on any atom is 0.412 e. The quantitative estimate of drug-likeness (QED) is 0.856. The van der Waals surface area contributed by atoms with Crippen molar-refractivity contribution >= 4 is 6.09 Å². The molecule has 0 aliphatic heterocycles. The normalized spacial score (nSPS) is 11.4. The second-order valence-electron chi connectivity index (χ2n) is 4.71. The molecule has 6 nitrogen and oxygen atoms in total. The van der Waals surface area contributed by atoms with Gasteiger partial charge in [-0.25, -0.2) is 4.79 Å². The Hall–Kier alpha value is -2.73. The molecule has 2 N–H and O–H groups in total. The van der Waals surface area contributed by atoms with Crippen LogP contribution in [0.15, 0.2) is 48.5 Å². The van der Waals surface area contributed by atoms with Crippen molar-refractivity contribution in [3.63, 3.8) is 0 Å². The fourth-order valence-electron chi connectivity index (χ4n) is 1.99. The van der Waals surface area contributed by atoms with Crippen LogP contribution in [0.5, 0.6) is 17.2 Å². The number of carbonyl (C=O) groups excluding carboxylic acids is 1. The minimum Gasteiger partial charge on any atom is -0.493 e. The van der Waals surface area contributed by atoms with E-state index in [1.54, 1.807) is 42.5 Å². The Kier molecular flexibility index (Phi) is 5.82. The minimum atomic E-state index is -0.891. The summed E-state index contributed by atoms with van der Waals surface area (Å²) >= 11 is 0. The van der Waals surface area contributed by atoms with Crippen LogP contribution in [0.4, 0.5) is 4.79 Å². The van der Waals surface area contributed by atoms with Crippen LogP contribution < -0.4 is 19.5 Å². The highest BCUT2D eigenvalue weighted by atomic mass is 16.6. The fourth-order valence-corrected chi connectivity index (χ4v) is 1.99. The van der Waals surface area contributed by atoms with Gasteiger partial charge in [-0.1, -0.05) is 24.3 Å². The first-order valence-corrected chi connectivity index (χ1v) is 7.04. The van der Waals surface area contributed by atoms with Gasteiger partial charge in [-0.15, -0.1) is 0 Å². The topological polar surface area (TPSA) is 77.0 Å². The summed E-state index contributed by atoms with van der Waals surface area (Å²) in [5.74, 6) is 1.52. The molecule has 1 amide bonds. The second-order valence-corrected chi connectivity index (χ2v) is 4.71. The predicted molar refractivity (Wildman–Crippen MR) is 85.0 cm³/mol. The number of hydrogen-bond acceptors (Lipinski definition) is 5. The molecule has 2 aromatic carbocycles. The number of ether oxygens (including phenoxy) is 3. The minimum absolute atomic E-state index is 0.0150. The average molecular weight is 317 g/mol. The van der Waals surface area contributed by atoms with Crippen molar-refractivity contribution < 1.29 is 24.1 Å². The number of amides is 1. The van der Waals surface area contributed by atoms with E-state index in [-0.39, 0.29) is 6.54 Å². The third kappa shape index (κ3) is 4.62. The molecule has 0 aromatic heterocycles. The van der Waals surface area contributed by atoms with Crippen molar-refractivity contribution in [3.8, 4) is 17.2 Å². The molecule has 2 rings (SSSR count). The van der Waals surface area contributed by atoms with Crippen molar-refractivity contribution in [2.24, 2.45) is 0 Å². The van der Waals surface area contributed by atoms with Gasteiger partial charge in [0.15, 0.2) is 11.5 Å².